The van der Waals surface area contributed by atoms with Crippen molar-refractivity contribution in [1.82, 2.24) is 19.6 Å². The van der Waals surface area contributed by atoms with Crippen molar-refractivity contribution in [2.45, 2.75) is 146 Å². The van der Waals surface area contributed by atoms with Crippen molar-refractivity contribution in [2.75, 3.05) is 13.2 Å². The highest BCUT2D eigenvalue weighted by molar-refractivity contribution is 7.84. The Labute approximate surface area is 281 Å². The molecule has 1 heterocycles. The summed E-state index contributed by atoms with van der Waals surface area (Å²) >= 11 is 0. The number of alkyl halides is 2. The van der Waals surface area contributed by atoms with Gasteiger partial charge >= 0.3 is 0 Å². The Hall–Kier alpha value is -1.77. The summed E-state index contributed by atoms with van der Waals surface area (Å²) in [5, 5.41) is 3.06. The number of nitrogens with zero attached hydrogens (tertiary/aromatic N) is 2. The molecule has 1 aromatic carbocycles. The predicted octanol–water partition coefficient (Wildman–Crippen LogP) is 6.78. The number of ether oxygens (including phenoxy) is 3. The highest BCUT2D eigenvalue weighted by Crippen LogP contribution is 2.44. The first-order valence-corrected chi connectivity index (χ1v) is 22.0. The fourth-order valence-electron chi connectivity index (χ4n) is 5.66. The second-order valence-corrected chi connectivity index (χ2v) is 23.6. The molecule has 0 radical (unpaired) electrons. The van der Waals surface area contributed by atoms with E-state index in [0.29, 0.717) is 17.9 Å². The van der Waals surface area contributed by atoms with Gasteiger partial charge in [-0.15, -0.1) is 0 Å². The highest BCUT2D eigenvalue weighted by atomic mass is 32.2. The number of fused-ring (bicyclic) bond motifs is 1. The van der Waals surface area contributed by atoms with E-state index in [1.54, 1.807) is 0 Å². The zero-order chi connectivity index (χ0) is 34.1. The largest absolute Gasteiger partial charge is 0.376 e. The maximum absolute atomic E-state index is 13.5. The second-order valence-electron chi connectivity index (χ2n) is 16.0. The molecule has 3 aliphatic rings. The number of halogens is 2. The van der Waals surface area contributed by atoms with Gasteiger partial charge in [-0.3, -0.25) is 4.79 Å². The molecular formula is C34H54F2N4O5SSi. The number of nitrogens with one attached hydrogen (secondary N) is 2. The lowest BCUT2D eigenvalue weighted by Gasteiger charge is -2.34. The lowest BCUT2D eigenvalue weighted by molar-refractivity contribution is -0.134. The molecule has 4 atom stereocenters. The van der Waals surface area contributed by atoms with Gasteiger partial charge in [0.1, 0.15) is 18.6 Å². The average molecular weight is 697 g/mol. The third-order valence-electron chi connectivity index (χ3n) is 8.90. The van der Waals surface area contributed by atoms with E-state index in [4.69, 9.17) is 19.2 Å². The molecule has 0 bridgehead atoms. The molecular weight excluding hydrogens is 643 g/mol. The normalized spacial score (nSPS) is 21.3. The van der Waals surface area contributed by atoms with E-state index in [-0.39, 0.29) is 62.7 Å². The molecule has 1 aromatic heterocycles. The summed E-state index contributed by atoms with van der Waals surface area (Å²) < 4.78 is 63.8. The van der Waals surface area contributed by atoms with Gasteiger partial charge in [0.15, 0.2) is 0 Å². The molecule has 2 N–H and O–H groups in total. The minimum absolute atomic E-state index is 0.0719. The summed E-state index contributed by atoms with van der Waals surface area (Å²) in [5.41, 5.74) is 2.39. The number of rotatable bonds is 18. The van der Waals surface area contributed by atoms with Gasteiger partial charge in [-0.1, -0.05) is 25.7 Å². The van der Waals surface area contributed by atoms with Crippen molar-refractivity contribution in [3.05, 3.63) is 29.6 Å². The molecule has 3 aliphatic carbocycles. The summed E-state index contributed by atoms with van der Waals surface area (Å²) in [6.45, 7) is 16.0. The first-order chi connectivity index (χ1) is 22.0. The molecule has 9 nitrogen and oxygen atoms in total. The fourth-order valence-corrected chi connectivity index (χ4v) is 7.30. The molecule has 0 unspecified atom stereocenters. The van der Waals surface area contributed by atoms with Crippen molar-refractivity contribution in [2.24, 2.45) is 5.92 Å². The summed E-state index contributed by atoms with van der Waals surface area (Å²) in [6.07, 6.45) is 3.67. The molecule has 0 aliphatic heterocycles. The van der Waals surface area contributed by atoms with Crippen LogP contribution in [0.2, 0.25) is 25.7 Å². The fraction of sp³-hybridized carbons (Fsp3) is 0.765. The number of imidazole rings is 1. The number of carbonyl (C=O) groups is 1. The van der Waals surface area contributed by atoms with Gasteiger partial charge in [0.25, 0.3) is 0 Å². The van der Waals surface area contributed by atoms with Gasteiger partial charge in [-0.2, -0.15) is 0 Å². The van der Waals surface area contributed by atoms with E-state index in [1.165, 1.54) is 0 Å². The van der Waals surface area contributed by atoms with Gasteiger partial charge < -0.3 is 24.1 Å². The molecule has 0 saturated heterocycles. The number of amides is 1. The topological polar surface area (TPSA) is 104 Å². The highest BCUT2D eigenvalue weighted by Gasteiger charge is 2.46. The van der Waals surface area contributed by atoms with Crippen LogP contribution in [0.15, 0.2) is 18.2 Å². The first kappa shape index (κ1) is 36.5. The average Bonchev–Trinajstić information content (AvgIpc) is 3.88. The van der Waals surface area contributed by atoms with Crippen molar-refractivity contribution < 1.29 is 32.0 Å². The summed E-state index contributed by atoms with van der Waals surface area (Å²) in [6, 6.07) is 6.01. The van der Waals surface area contributed by atoms with Crippen LogP contribution >= 0.6 is 0 Å². The summed E-state index contributed by atoms with van der Waals surface area (Å²) in [5.74, 6) is -2.54. The van der Waals surface area contributed by atoms with Crippen molar-refractivity contribution >= 4 is 36.0 Å². The van der Waals surface area contributed by atoms with Gasteiger partial charge in [-0.05, 0) is 83.0 Å². The second kappa shape index (κ2) is 14.6. The Bertz CT molecular complexity index is 1410. The molecule has 47 heavy (non-hydrogen) atoms. The van der Waals surface area contributed by atoms with Crippen molar-refractivity contribution in [3.8, 4) is 0 Å². The van der Waals surface area contributed by atoms with Crippen LogP contribution in [0.5, 0.6) is 0 Å². The third kappa shape index (κ3) is 10.6. The van der Waals surface area contributed by atoms with Crippen LogP contribution < -0.4 is 10.0 Å². The Kier molecular flexibility index (Phi) is 11.3. The van der Waals surface area contributed by atoms with Crippen LogP contribution in [0.3, 0.4) is 0 Å². The Balaban J connectivity index is 1.45. The lowest BCUT2D eigenvalue weighted by atomic mass is 9.79. The molecule has 0 spiro atoms. The Morgan fingerprint density at radius 1 is 1.15 bits per heavy atom. The SMILES string of the molecule is C[C@@H](OC1CC1)[C@H](N[S@](=O)C(C)(C)C)c1nc2cc([C@@H](COC3CC3)NC(=O)CC3CC(F)(F)C3)ccc2n1COCC[Si](C)(C)C. The van der Waals surface area contributed by atoms with Gasteiger partial charge in [0.05, 0.1) is 57.7 Å². The number of hydrogen-bond donors (Lipinski definition) is 2. The van der Waals surface area contributed by atoms with Crippen LogP contribution in [0.4, 0.5) is 8.78 Å². The van der Waals surface area contributed by atoms with E-state index in [2.05, 4.69) is 29.7 Å². The number of benzene rings is 1. The van der Waals surface area contributed by atoms with Crippen LogP contribution in [0.25, 0.3) is 11.0 Å². The van der Waals surface area contributed by atoms with E-state index in [9.17, 15) is 17.8 Å². The van der Waals surface area contributed by atoms with Gasteiger partial charge in [0.2, 0.25) is 11.8 Å². The smallest absolute Gasteiger partial charge is 0.248 e. The Morgan fingerprint density at radius 3 is 2.43 bits per heavy atom. The Morgan fingerprint density at radius 2 is 1.83 bits per heavy atom. The zero-order valence-corrected chi connectivity index (χ0v) is 30.9. The molecule has 1 amide bonds. The third-order valence-corrected chi connectivity index (χ3v) is 12.2. The minimum atomic E-state index is -2.66. The van der Waals surface area contributed by atoms with Crippen LogP contribution in [-0.4, -0.2) is 69.9 Å². The van der Waals surface area contributed by atoms with Crippen LogP contribution in [-0.2, 0) is 36.7 Å². The minimum Gasteiger partial charge on any atom is -0.376 e. The molecule has 5 rings (SSSR count). The molecule has 264 valence electrons. The number of hydrogen-bond acceptors (Lipinski definition) is 6. The number of carbonyl (C=O) groups excluding carboxylic acids is 1. The standard InChI is InChI=1S/C34H54F2N4O5SSi/c1-22(45-26-11-12-26)31(39-46(42)33(2,3)4)32-38-27-17-24(8-13-29(27)40(32)21-43-14-15-47(5,6)7)28(20-44-25-9-10-25)37-30(41)16-23-18-34(35,36)19-23/h8,13,17,22-23,25-26,28,31,39H,9-12,14-16,18-21H2,1-7H3,(H,37,41)/t22-,28-,31+,46-/m1/s1. The van der Waals surface area contributed by atoms with E-state index < -0.39 is 41.8 Å². The zero-order valence-electron chi connectivity index (χ0n) is 29.1. The quantitative estimate of drug-likeness (QED) is 0.132. The molecule has 3 saturated carbocycles. The molecule has 2 aromatic rings. The van der Waals surface area contributed by atoms with Crippen molar-refractivity contribution in [3.63, 3.8) is 0 Å². The van der Waals surface area contributed by atoms with E-state index in [1.807, 2.05) is 50.5 Å². The van der Waals surface area contributed by atoms with Gasteiger partial charge in [0, 0.05) is 33.9 Å². The molecule has 3 fully saturated rings. The van der Waals surface area contributed by atoms with Crippen LogP contribution in [0.1, 0.15) is 96.1 Å². The van der Waals surface area contributed by atoms with Gasteiger partial charge in [-0.25, -0.2) is 22.7 Å². The van der Waals surface area contributed by atoms with E-state index >= 15 is 0 Å². The lowest BCUT2D eigenvalue weighted by Crippen LogP contribution is -2.41. The molecule has 13 heteroatoms. The monoisotopic (exact) mass is 696 g/mol. The maximum atomic E-state index is 13.5. The van der Waals surface area contributed by atoms with Crippen molar-refractivity contribution in [1.29, 1.82) is 0 Å². The number of aromatic nitrogens is 2. The summed E-state index contributed by atoms with van der Waals surface area (Å²) in [4.78, 5) is 18.1. The first-order valence-electron chi connectivity index (χ1n) is 17.2. The van der Waals surface area contributed by atoms with E-state index in [0.717, 1.165) is 42.8 Å². The maximum Gasteiger partial charge on any atom is 0.248 e. The summed E-state index contributed by atoms with van der Waals surface area (Å²) in [7, 11) is -2.70. The van der Waals surface area contributed by atoms with Crippen LogP contribution in [0, 0.1) is 5.92 Å². The predicted molar refractivity (Wildman–Crippen MR) is 183 cm³/mol.